The average Bonchev–Trinajstić information content (AvgIpc) is 3.27. The first-order valence-electron chi connectivity index (χ1n) is 9.86. The highest BCUT2D eigenvalue weighted by Crippen LogP contribution is 2.25. The number of ether oxygens (including phenoxy) is 2. The Balaban J connectivity index is 1.82. The Morgan fingerprint density at radius 2 is 2.17 bits per heavy atom. The van der Waals surface area contributed by atoms with Crippen LogP contribution in [0, 0.1) is 12.7 Å². The zero-order chi connectivity index (χ0) is 21.1. The van der Waals surface area contributed by atoms with Gasteiger partial charge in [0.2, 0.25) is 5.55 Å². The van der Waals surface area contributed by atoms with Crippen LogP contribution in [0.3, 0.4) is 0 Å². The number of hydrogen-bond donors (Lipinski definition) is 1. The molecule has 1 atom stereocenters. The van der Waals surface area contributed by atoms with Crippen molar-refractivity contribution in [3.8, 4) is 5.75 Å². The first-order chi connectivity index (χ1) is 14.5. The van der Waals surface area contributed by atoms with Crippen LogP contribution in [0.2, 0.25) is 0 Å². The second kappa shape index (κ2) is 8.67. The standard InChI is InChI=1S/C23H23FN2O4/c1-14-8-9-16(24)12-19(14)26-23-18(22(27)25-13-17-6-4-10-29-17)11-15-5-3-7-20(28-2)21(15)30-23/h3,5,7-9,11-12,17H,4,6,10,13H2,1-2H3,(H,25,27). The Kier molecular flexibility index (Phi) is 5.81. The number of carbonyl (C=O) groups excluding carboxylic acids is 1. The summed E-state index contributed by atoms with van der Waals surface area (Å²) < 4.78 is 30.7. The lowest BCUT2D eigenvalue weighted by Crippen LogP contribution is -2.34. The Labute approximate surface area is 173 Å². The molecule has 4 rings (SSSR count). The van der Waals surface area contributed by atoms with Gasteiger partial charge in [-0.25, -0.2) is 9.38 Å². The molecular formula is C23H23FN2O4. The minimum atomic E-state index is -0.415. The maximum absolute atomic E-state index is 13.8. The Hall–Kier alpha value is -3.19. The second-order valence-corrected chi connectivity index (χ2v) is 7.23. The van der Waals surface area contributed by atoms with E-state index in [4.69, 9.17) is 13.9 Å². The fourth-order valence-electron chi connectivity index (χ4n) is 3.45. The number of fused-ring (bicyclic) bond motifs is 1. The Morgan fingerprint density at radius 3 is 2.93 bits per heavy atom. The topological polar surface area (TPSA) is 73.1 Å². The zero-order valence-electron chi connectivity index (χ0n) is 16.9. The SMILES string of the molecule is COc1cccc2cc(C(=O)NCC3CCCO3)c(=Nc3cc(F)ccc3C)oc12. The molecule has 0 aliphatic carbocycles. The molecule has 1 aliphatic heterocycles. The second-order valence-electron chi connectivity index (χ2n) is 7.23. The summed E-state index contributed by atoms with van der Waals surface area (Å²) in [5.74, 6) is -0.222. The molecule has 1 N–H and O–H groups in total. The lowest BCUT2D eigenvalue weighted by Gasteiger charge is -2.12. The van der Waals surface area contributed by atoms with Crippen molar-refractivity contribution in [2.24, 2.45) is 4.99 Å². The summed E-state index contributed by atoms with van der Waals surface area (Å²) in [7, 11) is 1.54. The van der Waals surface area contributed by atoms with Gasteiger partial charge < -0.3 is 19.2 Å². The summed E-state index contributed by atoms with van der Waals surface area (Å²) in [6.07, 6.45) is 1.92. The van der Waals surface area contributed by atoms with Crippen LogP contribution >= 0.6 is 0 Å². The maximum atomic E-state index is 13.8. The molecule has 1 aromatic heterocycles. The minimum Gasteiger partial charge on any atom is -0.493 e. The summed E-state index contributed by atoms with van der Waals surface area (Å²) in [5, 5.41) is 3.60. The third kappa shape index (κ3) is 4.21. The molecule has 2 heterocycles. The van der Waals surface area contributed by atoms with Crippen molar-refractivity contribution in [1.29, 1.82) is 0 Å². The molecule has 1 amide bonds. The van der Waals surface area contributed by atoms with Crippen LogP contribution < -0.4 is 15.6 Å². The smallest absolute Gasteiger partial charge is 0.256 e. The highest BCUT2D eigenvalue weighted by Gasteiger charge is 2.19. The predicted octanol–water partition coefficient (Wildman–Crippen LogP) is 4.03. The highest BCUT2D eigenvalue weighted by molar-refractivity contribution is 5.97. The predicted molar refractivity (Wildman–Crippen MR) is 110 cm³/mol. The summed E-state index contributed by atoms with van der Waals surface area (Å²) in [6.45, 7) is 2.94. The average molecular weight is 410 g/mol. The maximum Gasteiger partial charge on any atom is 0.256 e. The van der Waals surface area contributed by atoms with E-state index in [0.29, 0.717) is 35.6 Å². The number of carbonyl (C=O) groups is 1. The van der Waals surface area contributed by atoms with E-state index in [-0.39, 0.29) is 23.1 Å². The van der Waals surface area contributed by atoms with E-state index < -0.39 is 5.82 Å². The molecule has 0 bridgehead atoms. The van der Waals surface area contributed by atoms with Gasteiger partial charge in [-0.15, -0.1) is 0 Å². The molecule has 30 heavy (non-hydrogen) atoms. The van der Waals surface area contributed by atoms with E-state index in [0.717, 1.165) is 18.4 Å². The fourth-order valence-corrected chi connectivity index (χ4v) is 3.45. The fraction of sp³-hybridized carbons (Fsp3) is 0.304. The number of halogens is 1. The van der Waals surface area contributed by atoms with E-state index in [2.05, 4.69) is 10.3 Å². The normalized spacial score (nSPS) is 16.8. The summed E-state index contributed by atoms with van der Waals surface area (Å²) in [6, 6.07) is 11.4. The zero-order valence-corrected chi connectivity index (χ0v) is 16.9. The number of rotatable bonds is 5. The number of hydrogen-bond acceptors (Lipinski definition) is 5. The number of nitrogens with one attached hydrogen (secondary N) is 1. The van der Waals surface area contributed by atoms with Crippen molar-refractivity contribution in [2.45, 2.75) is 25.9 Å². The number of aryl methyl sites for hydroxylation is 1. The van der Waals surface area contributed by atoms with E-state index in [1.54, 1.807) is 25.3 Å². The molecule has 156 valence electrons. The van der Waals surface area contributed by atoms with Gasteiger partial charge in [0.15, 0.2) is 11.3 Å². The van der Waals surface area contributed by atoms with Gasteiger partial charge in [0.1, 0.15) is 11.4 Å². The molecule has 1 unspecified atom stereocenters. The molecule has 0 spiro atoms. The highest BCUT2D eigenvalue weighted by atomic mass is 19.1. The van der Waals surface area contributed by atoms with Gasteiger partial charge in [-0.05, 0) is 49.6 Å². The van der Waals surface area contributed by atoms with Gasteiger partial charge in [0.05, 0.1) is 18.9 Å². The van der Waals surface area contributed by atoms with Crippen LogP contribution in [0.5, 0.6) is 5.75 Å². The van der Waals surface area contributed by atoms with Crippen LogP contribution in [-0.2, 0) is 4.74 Å². The van der Waals surface area contributed by atoms with Crippen molar-refractivity contribution >= 4 is 22.6 Å². The van der Waals surface area contributed by atoms with Gasteiger partial charge in [-0.1, -0.05) is 18.2 Å². The van der Waals surface area contributed by atoms with Crippen LogP contribution in [0.15, 0.2) is 51.9 Å². The Bertz CT molecular complexity index is 1150. The van der Waals surface area contributed by atoms with Crippen LogP contribution in [0.4, 0.5) is 10.1 Å². The largest absolute Gasteiger partial charge is 0.493 e. The number of para-hydroxylation sites is 1. The molecule has 1 fully saturated rings. The van der Waals surface area contributed by atoms with Gasteiger partial charge >= 0.3 is 0 Å². The van der Waals surface area contributed by atoms with Gasteiger partial charge in [0, 0.05) is 18.5 Å². The van der Waals surface area contributed by atoms with Crippen molar-refractivity contribution in [3.63, 3.8) is 0 Å². The molecule has 0 saturated carbocycles. The van der Waals surface area contributed by atoms with Crippen LogP contribution in [0.25, 0.3) is 11.0 Å². The summed E-state index contributed by atoms with van der Waals surface area (Å²) >= 11 is 0. The summed E-state index contributed by atoms with van der Waals surface area (Å²) in [4.78, 5) is 17.4. The van der Waals surface area contributed by atoms with Crippen molar-refractivity contribution in [1.82, 2.24) is 5.32 Å². The van der Waals surface area contributed by atoms with Crippen molar-refractivity contribution in [3.05, 3.63) is 65.0 Å². The monoisotopic (exact) mass is 410 g/mol. The quantitative estimate of drug-likeness (QED) is 0.689. The van der Waals surface area contributed by atoms with Crippen molar-refractivity contribution < 1.29 is 23.1 Å². The first kappa shape index (κ1) is 20.1. The van der Waals surface area contributed by atoms with Gasteiger partial charge in [-0.2, -0.15) is 0 Å². The molecule has 1 aliphatic rings. The first-order valence-corrected chi connectivity index (χ1v) is 9.86. The van der Waals surface area contributed by atoms with E-state index >= 15 is 0 Å². The number of methoxy groups -OCH3 is 1. The third-order valence-electron chi connectivity index (χ3n) is 5.11. The van der Waals surface area contributed by atoms with Crippen molar-refractivity contribution in [2.75, 3.05) is 20.3 Å². The van der Waals surface area contributed by atoms with E-state index in [1.165, 1.54) is 12.1 Å². The third-order valence-corrected chi connectivity index (χ3v) is 5.11. The molecule has 3 aromatic rings. The van der Waals surface area contributed by atoms with Crippen LogP contribution in [-0.4, -0.2) is 32.3 Å². The molecule has 6 nitrogen and oxygen atoms in total. The number of nitrogens with zero attached hydrogens (tertiary/aromatic N) is 1. The van der Waals surface area contributed by atoms with Crippen LogP contribution in [0.1, 0.15) is 28.8 Å². The molecule has 1 saturated heterocycles. The van der Waals surface area contributed by atoms with Gasteiger partial charge in [0.25, 0.3) is 5.91 Å². The lowest BCUT2D eigenvalue weighted by molar-refractivity contribution is 0.0854. The molecule has 2 aromatic carbocycles. The van der Waals surface area contributed by atoms with E-state index in [9.17, 15) is 9.18 Å². The minimum absolute atomic E-state index is 0.0114. The summed E-state index contributed by atoms with van der Waals surface area (Å²) in [5.41, 5.74) is 1.96. The van der Waals surface area contributed by atoms with E-state index in [1.807, 2.05) is 19.1 Å². The number of amides is 1. The molecule has 7 heteroatoms. The lowest BCUT2D eigenvalue weighted by atomic mass is 10.1. The molecular weight excluding hydrogens is 387 g/mol. The van der Waals surface area contributed by atoms with Gasteiger partial charge in [-0.3, -0.25) is 4.79 Å². The number of benzene rings is 2. The Morgan fingerprint density at radius 1 is 1.30 bits per heavy atom. The molecule has 0 radical (unpaired) electrons.